The SMILES string of the molecule is CCCc1cc(CNCC(C)C)cc(OCC(C)C)n1. The molecule has 0 fully saturated rings. The first-order chi connectivity index (χ1) is 9.51. The van der Waals surface area contributed by atoms with Crippen LogP contribution in [0, 0.1) is 11.8 Å². The molecule has 0 aliphatic rings. The lowest BCUT2D eigenvalue weighted by atomic mass is 10.1. The second kappa shape index (κ2) is 8.96. The Bertz CT molecular complexity index is 389. The number of ether oxygens (including phenoxy) is 1. The van der Waals surface area contributed by atoms with Crippen LogP contribution in [-0.2, 0) is 13.0 Å². The van der Waals surface area contributed by atoms with Crippen LogP contribution in [-0.4, -0.2) is 18.1 Å². The second-order valence-electron chi connectivity index (χ2n) is 6.28. The van der Waals surface area contributed by atoms with Crippen LogP contribution in [0.1, 0.15) is 52.3 Å². The topological polar surface area (TPSA) is 34.1 Å². The van der Waals surface area contributed by atoms with E-state index in [1.807, 2.05) is 0 Å². The molecule has 0 radical (unpaired) electrons. The van der Waals surface area contributed by atoms with Crippen molar-refractivity contribution >= 4 is 0 Å². The maximum absolute atomic E-state index is 5.78. The molecule has 20 heavy (non-hydrogen) atoms. The molecule has 3 nitrogen and oxygen atoms in total. The van der Waals surface area contributed by atoms with E-state index in [4.69, 9.17) is 4.74 Å². The number of pyridine rings is 1. The Kier molecular flexibility index (Phi) is 7.60. The molecule has 1 heterocycles. The Balaban J connectivity index is 2.70. The van der Waals surface area contributed by atoms with Crippen LogP contribution in [0.15, 0.2) is 12.1 Å². The molecule has 0 bridgehead atoms. The van der Waals surface area contributed by atoms with Gasteiger partial charge in [0.15, 0.2) is 0 Å². The van der Waals surface area contributed by atoms with Gasteiger partial charge in [0, 0.05) is 18.3 Å². The first-order valence-electron chi connectivity index (χ1n) is 7.84. The van der Waals surface area contributed by atoms with Crippen molar-refractivity contribution in [1.82, 2.24) is 10.3 Å². The third kappa shape index (κ3) is 6.90. The van der Waals surface area contributed by atoms with Crippen LogP contribution in [0.3, 0.4) is 0 Å². The Hall–Kier alpha value is -1.09. The average Bonchev–Trinajstić information content (AvgIpc) is 2.36. The smallest absolute Gasteiger partial charge is 0.213 e. The summed E-state index contributed by atoms with van der Waals surface area (Å²) in [4.78, 5) is 4.59. The standard InChI is InChI=1S/C17H30N2O/c1-6-7-16-8-15(11-18-10-13(2)3)9-17(19-16)20-12-14(4)5/h8-9,13-14,18H,6-7,10-12H2,1-5H3. The average molecular weight is 278 g/mol. The normalized spacial score (nSPS) is 11.3. The summed E-state index contributed by atoms with van der Waals surface area (Å²) in [5.41, 5.74) is 2.40. The van der Waals surface area contributed by atoms with Gasteiger partial charge in [-0.1, -0.05) is 41.0 Å². The highest BCUT2D eigenvalue weighted by molar-refractivity contribution is 5.25. The molecule has 0 saturated carbocycles. The molecule has 0 atom stereocenters. The Morgan fingerprint density at radius 1 is 1.15 bits per heavy atom. The summed E-state index contributed by atoms with van der Waals surface area (Å²) >= 11 is 0. The Morgan fingerprint density at radius 2 is 1.90 bits per heavy atom. The van der Waals surface area contributed by atoms with Crippen LogP contribution in [0.4, 0.5) is 0 Å². The van der Waals surface area contributed by atoms with Gasteiger partial charge < -0.3 is 10.1 Å². The summed E-state index contributed by atoms with van der Waals surface area (Å²) in [5.74, 6) is 1.96. The fourth-order valence-corrected chi connectivity index (χ4v) is 1.94. The summed E-state index contributed by atoms with van der Waals surface area (Å²) in [5, 5.41) is 3.48. The van der Waals surface area contributed by atoms with Crippen molar-refractivity contribution in [2.24, 2.45) is 11.8 Å². The largest absolute Gasteiger partial charge is 0.477 e. The molecule has 1 aromatic heterocycles. The van der Waals surface area contributed by atoms with Gasteiger partial charge in [-0.3, -0.25) is 0 Å². The molecule has 1 rings (SSSR count). The summed E-state index contributed by atoms with van der Waals surface area (Å²) in [6.45, 7) is 13.6. The molecule has 114 valence electrons. The second-order valence-corrected chi connectivity index (χ2v) is 6.28. The Morgan fingerprint density at radius 3 is 2.50 bits per heavy atom. The lowest BCUT2D eigenvalue weighted by Crippen LogP contribution is -2.19. The van der Waals surface area contributed by atoms with Crippen LogP contribution in [0.25, 0.3) is 0 Å². The minimum Gasteiger partial charge on any atom is -0.477 e. The first-order valence-corrected chi connectivity index (χ1v) is 7.84. The van der Waals surface area contributed by atoms with Crippen molar-refractivity contribution in [3.63, 3.8) is 0 Å². The molecular weight excluding hydrogens is 248 g/mol. The van der Waals surface area contributed by atoms with Gasteiger partial charge in [-0.05, 0) is 36.4 Å². The van der Waals surface area contributed by atoms with Crippen molar-refractivity contribution in [1.29, 1.82) is 0 Å². The number of hydrogen-bond acceptors (Lipinski definition) is 3. The lowest BCUT2D eigenvalue weighted by Gasteiger charge is -2.12. The molecule has 0 spiro atoms. The summed E-state index contributed by atoms with van der Waals surface area (Å²) < 4.78 is 5.78. The fraction of sp³-hybridized carbons (Fsp3) is 0.706. The number of nitrogens with zero attached hydrogens (tertiary/aromatic N) is 1. The zero-order chi connectivity index (χ0) is 15.0. The van der Waals surface area contributed by atoms with E-state index in [9.17, 15) is 0 Å². The molecule has 0 aliphatic heterocycles. The van der Waals surface area contributed by atoms with E-state index >= 15 is 0 Å². The summed E-state index contributed by atoms with van der Waals surface area (Å²) in [7, 11) is 0. The van der Waals surface area contributed by atoms with Crippen molar-refractivity contribution in [2.75, 3.05) is 13.2 Å². The molecule has 0 aromatic carbocycles. The van der Waals surface area contributed by atoms with E-state index in [1.165, 1.54) is 5.56 Å². The van der Waals surface area contributed by atoms with E-state index in [0.29, 0.717) is 11.8 Å². The molecule has 1 aromatic rings. The van der Waals surface area contributed by atoms with Crippen LogP contribution < -0.4 is 10.1 Å². The van der Waals surface area contributed by atoms with Crippen molar-refractivity contribution in [3.8, 4) is 5.88 Å². The summed E-state index contributed by atoms with van der Waals surface area (Å²) in [6.07, 6.45) is 2.12. The van der Waals surface area contributed by atoms with Crippen LogP contribution in [0.5, 0.6) is 5.88 Å². The predicted molar refractivity (Wildman–Crippen MR) is 85.1 cm³/mol. The monoisotopic (exact) mass is 278 g/mol. The zero-order valence-electron chi connectivity index (χ0n) is 13.7. The summed E-state index contributed by atoms with van der Waals surface area (Å²) in [6, 6.07) is 4.26. The number of nitrogens with one attached hydrogen (secondary N) is 1. The molecule has 3 heteroatoms. The minimum atomic E-state index is 0.522. The van der Waals surface area contributed by atoms with Crippen LogP contribution >= 0.6 is 0 Å². The van der Waals surface area contributed by atoms with Gasteiger partial charge >= 0.3 is 0 Å². The molecule has 0 aliphatic carbocycles. The molecule has 0 unspecified atom stereocenters. The number of aryl methyl sites for hydroxylation is 1. The lowest BCUT2D eigenvalue weighted by molar-refractivity contribution is 0.260. The fourth-order valence-electron chi connectivity index (χ4n) is 1.94. The van der Waals surface area contributed by atoms with Gasteiger partial charge in [0.05, 0.1) is 6.61 Å². The number of aromatic nitrogens is 1. The molecular formula is C17H30N2O. The van der Waals surface area contributed by atoms with Gasteiger partial charge in [0.1, 0.15) is 0 Å². The van der Waals surface area contributed by atoms with Gasteiger partial charge in [-0.2, -0.15) is 0 Å². The van der Waals surface area contributed by atoms with Gasteiger partial charge in [0.2, 0.25) is 5.88 Å². The molecule has 0 saturated heterocycles. The highest BCUT2D eigenvalue weighted by Gasteiger charge is 2.05. The predicted octanol–water partition coefficient (Wildman–Crippen LogP) is 3.81. The molecule has 1 N–H and O–H groups in total. The molecule has 0 amide bonds. The highest BCUT2D eigenvalue weighted by atomic mass is 16.5. The maximum atomic E-state index is 5.78. The quantitative estimate of drug-likeness (QED) is 0.745. The van der Waals surface area contributed by atoms with Crippen molar-refractivity contribution < 1.29 is 4.74 Å². The van der Waals surface area contributed by atoms with Crippen molar-refractivity contribution in [3.05, 3.63) is 23.4 Å². The van der Waals surface area contributed by atoms with E-state index in [2.05, 4.69) is 57.1 Å². The maximum Gasteiger partial charge on any atom is 0.213 e. The third-order valence-corrected chi connectivity index (χ3v) is 2.87. The van der Waals surface area contributed by atoms with E-state index in [0.717, 1.165) is 44.1 Å². The minimum absolute atomic E-state index is 0.522. The first kappa shape index (κ1) is 17.0. The van der Waals surface area contributed by atoms with Gasteiger partial charge in [0.25, 0.3) is 0 Å². The van der Waals surface area contributed by atoms with E-state index in [1.54, 1.807) is 0 Å². The number of rotatable bonds is 9. The third-order valence-electron chi connectivity index (χ3n) is 2.87. The Labute approximate surface area is 124 Å². The zero-order valence-corrected chi connectivity index (χ0v) is 13.7. The van der Waals surface area contributed by atoms with E-state index in [-0.39, 0.29) is 0 Å². The van der Waals surface area contributed by atoms with Gasteiger partial charge in [-0.25, -0.2) is 4.98 Å². The van der Waals surface area contributed by atoms with Gasteiger partial charge in [-0.15, -0.1) is 0 Å². The van der Waals surface area contributed by atoms with E-state index < -0.39 is 0 Å². The van der Waals surface area contributed by atoms with Crippen LogP contribution in [0.2, 0.25) is 0 Å². The highest BCUT2D eigenvalue weighted by Crippen LogP contribution is 2.15. The van der Waals surface area contributed by atoms with Crippen molar-refractivity contribution in [2.45, 2.75) is 54.0 Å². The number of hydrogen-bond donors (Lipinski definition) is 1.